The molecule has 0 aliphatic carbocycles. The van der Waals surface area contributed by atoms with Gasteiger partial charge in [0.2, 0.25) is 5.91 Å². The van der Waals surface area contributed by atoms with Gasteiger partial charge in [-0.3, -0.25) is 4.79 Å². The Bertz CT molecular complexity index is 453. The molecule has 86 valence electrons. The second kappa shape index (κ2) is 4.43. The predicted molar refractivity (Wildman–Crippen MR) is 67.8 cm³/mol. The molecule has 0 aromatic heterocycles. The minimum atomic E-state index is -0.0770. The van der Waals surface area contributed by atoms with Crippen LogP contribution in [0.4, 0.5) is 5.69 Å². The van der Waals surface area contributed by atoms with E-state index in [-0.39, 0.29) is 21.5 Å². The summed E-state index contributed by atoms with van der Waals surface area (Å²) in [7, 11) is 0. The summed E-state index contributed by atoms with van der Waals surface area (Å²) < 4.78 is 0. The lowest BCUT2D eigenvalue weighted by atomic mass is 10.2. The van der Waals surface area contributed by atoms with Crippen molar-refractivity contribution in [2.75, 3.05) is 11.4 Å². The van der Waals surface area contributed by atoms with Crippen LogP contribution in [0.1, 0.15) is 6.42 Å². The number of phenolic OH excluding ortho intramolecular Hbond substituents is 1. The highest BCUT2D eigenvalue weighted by Gasteiger charge is 2.30. The highest BCUT2D eigenvalue weighted by Crippen LogP contribution is 2.37. The van der Waals surface area contributed by atoms with Crippen molar-refractivity contribution in [3.63, 3.8) is 0 Å². The van der Waals surface area contributed by atoms with Crippen LogP contribution in [0.15, 0.2) is 12.1 Å². The number of aromatic hydroxyl groups is 1. The number of benzene rings is 1. The summed E-state index contributed by atoms with van der Waals surface area (Å²) in [5.74, 6) is -0.0996. The third-order valence-corrected chi connectivity index (χ3v) is 3.60. The van der Waals surface area contributed by atoms with E-state index in [2.05, 4.69) is 15.9 Å². The van der Waals surface area contributed by atoms with Gasteiger partial charge in [-0.1, -0.05) is 39.1 Å². The molecule has 16 heavy (non-hydrogen) atoms. The summed E-state index contributed by atoms with van der Waals surface area (Å²) >= 11 is 15.1. The minimum Gasteiger partial charge on any atom is -0.506 e. The molecule has 1 unspecified atom stereocenters. The first-order valence-electron chi connectivity index (χ1n) is 4.61. The van der Waals surface area contributed by atoms with E-state index >= 15 is 0 Å². The van der Waals surface area contributed by atoms with Crippen molar-refractivity contribution < 1.29 is 9.90 Å². The number of hydrogen-bond acceptors (Lipinski definition) is 2. The lowest BCUT2D eigenvalue weighted by Gasteiger charge is -2.18. The topological polar surface area (TPSA) is 40.5 Å². The second-order valence-electron chi connectivity index (χ2n) is 3.56. The van der Waals surface area contributed by atoms with E-state index in [1.165, 1.54) is 17.0 Å². The summed E-state index contributed by atoms with van der Waals surface area (Å²) in [5.41, 5.74) is 0.496. The Morgan fingerprint density at radius 1 is 1.38 bits per heavy atom. The molecule has 1 heterocycles. The Kier molecular flexibility index (Phi) is 3.33. The largest absolute Gasteiger partial charge is 0.506 e. The maximum absolute atomic E-state index is 11.7. The monoisotopic (exact) mass is 323 g/mol. The van der Waals surface area contributed by atoms with Crippen molar-refractivity contribution in [2.45, 2.75) is 11.2 Å². The first-order chi connectivity index (χ1) is 7.49. The standard InChI is InChI=1S/C10H8BrCl2NO2/c11-5-1-10(16)14(4-5)8-3-9(15)7(13)2-6(8)12/h2-3,5,15H,1,4H2. The molecule has 1 atom stereocenters. The van der Waals surface area contributed by atoms with E-state index in [0.29, 0.717) is 23.7 Å². The Morgan fingerprint density at radius 3 is 2.62 bits per heavy atom. The molecule has 0 radical (unpaired) electrons. The van der Waals surface area contributed by atoms with Crippen LogP contribution >= 0.6 is 39.1 Å². The van der Waals surface area contributed by atoms with Gasteiger partial charge < -0.3 is 10.0 Å². The molecule has 0 spiro atoms. The average Bonchev–Trinajstić information content (AvgIpc) is 2.51. The van der Waals surface area contributed by atoms with Gasteiger partial charge in [0.05, 0.1) is 15.7 Å². The fourth-order valence-electron chi connectivity index (χ4n) is 1.63. The number of nitrogens with zero attached hydrogens (tertiary/aromatic N) is 1. The number of anilines is 1. The highest BCUT2D eigenvalue weighted by molar-refractivity contribution is 9.09. The van der Waals surface area contributed by atoms with Crippen molar-refractivity contribution in [1.29, 1.82) is 0 Å². The normalized spacial score (nSPS) is 20.6. The fourth-order valence-corrected chi connectivity index (χ4v) is 2.68. The third kappa shape index (κ3) is 2.14. The molecule has 1 saturated heterocycles. The van der Waals surface area contributed by atoms with Gasteiger partial charge in [-0.2, -0.15) is 0 Å². The molecule has 3 nitrogen and oxygen atoms in total. The number of hydrogen-bond donors (Lipinski definition) is 1. The number of phenols is 1. The predicted octanol–water partition coefficient (Wildman–Crippen LogP) is 3.20. The van der Waals surface area contributed by atoms with Crippen molar-refractivity contribution in [1.82, 2.24) is 0 Å². The van der Waals surface area contributed by atoms with Gasteiger partial charge in [-0.15, -0.1) is 0 Å². The number of halogens is 3. The maximum atomic E-state index is 11.7. The molecule has 1 N–H and O–H groups in total. The SMILES string of the molecule is O=C1CC(Br)CN1c1cc(O)c(Cl)cc1Cl. The van der Waals surface area contributed by atoms with Crippen LogP contribution in [0.2, 0.25) is 10.0 Å². The molecule has 0 saturated carbocycles. The van der Waals surface area contributed by atoms with E-state index in [9.17, 15) is 9.90 Å². The van der Waals surface area contributed by atoms with Gasteiger partial charge in [0.15, 0.2) is 0 Å². The number of rotatable bonds is 1. The minimum absolute atomic E-state index is 0.0227. The van der Waals surface area contributed by atoms with Crippen molar-refractivity contribution in [2.24, 2.45) is 0 Å². The first-order valence-corrected chi connectivity index (χ1v) is 6.28. The zero-order chi connectivity index (χ0) is 11.9. The quantitative estimate of drug-likeness (QED) is 0.806. The molecule has 0 bridgehead atoms. The van der Waals surface area contributed by atoms with E-state index in [0.717, 1.165) is 0 Å². The zero-order valence-electron chi connectivity index (χ0n) is 8.08. The van der Waals surface area contributed by atoms with Crippen LogP contribution < -0.4 is 4.90 Å². The fraction of sp³-hybridized carbons (Fsp3) is 0.300. The van der Waals surface area contributed by atoms with Crippen molar-refractivity contribution >= 4 is 50.7 Å². The zero-order valence-corrected chi connectivity index (χ0v) is 11.2. The van der Waals surface area contributed by atoms with Crippen LogP contribution in [-0.4, -0.2) is 22.4 Å². The van der Waals surface area contributed by atoms with Crippen molar-refractivity contribution in [3.8, 4) is 5.75 Å². The molecule has 1 aromatic carbocycles. The molecule has 6 heteroatoms. The highest BCUT2D eigenvalue weighted by atomic mass is 79.9. The molecular formula is C10H8BrCl2NO2. The molecule has 1 fully saturated rings. The summed E-state index contributed by atoms with van der Waals surface area (Å²) in [4.78, 5) is 13.3. The third-order valence-electron chi connectivity index (χ3n) is 2.38. The van der Waals surface area contributed by atoms with Gasteiger partial charge in [0.25, 0.3) is 0 Å². The molecule has 1 aromatic rings. The van der Waals surface area contributed by atoms with Crippen LogP contribution in [0.25, 0.3) is 0 Å². The number of carbonyl (C=O) groups is 1. The van der Waals surface area contributed by atoms with Gasteiger partial charge >= 0.3 is 0 Å². The van der Waals surface area contributed by atoms with Gasteiger partial charge in [-0.25, -0.2) is 0 Å². The lowest BCUT2D eigenvalue weighted by molar-refractivity contribution is -0.117. The van der Waals surface area contributed by atoms with Crippen LogP contribution in [-0.2, 0) is 4.79 Å². The van der Waals surface area contributed by atoms with E-state index < -0.39 is 0 Å². The van der Waals surface area contributed by atoms with Crippen molar-refractivity contribution in [3.05, 3.63) is 22.2 Å². The molecule has 1 aliphatic rings. The number of amides is 1. The average molecular weight is 325 g/mol. The second-order valence-corrected chi connectivity index (χ2v) is 5.67. The Hall–Kier alpha value is -0.450. The van der Waals surface area contributed by atoms with Crippen LogP contribution in [0.3, 0.4) is 0 Å². The molecule has 1 aliphatic heterocycles. The van der Waals surface area contributed by atoms with Crippen LogP contribution in [0, 0.1) is 0 Å². The first kappa shape index (κ1) is 12.0. The maximum Gasteiger partial charge on any atom is 0.228 e. The Balaban J connectivity index is 2.41. The summed E-state index contributed by atoms with van der Waals surface area (Å²) in [6.07, 6.45) is 0.430. The number of alkyl halides is 1. The molecule has 1 amide bonds. The Morgan fingerprint density at radius 2 is 2.06 bits per heavy atom. The van der Waals surface area contributed by atoms with E-state index in [1.54, 1.807) is 0 Å². The van der Waals surface area contributed by atoms with E-state index in [1.807, 2.05) is 0 Å². The Labute approximate surface area is 111 Å². The molecular weight excluding hydrogens is 317 g/mol. The van der Waals surface area contributed by atoms with Gasteiger partial charge in [-0.05, 0) is 6.07 Å². The summed E-state index contributed by atoms with van der Waals surface area (Å²) in [6.45, 7) is 0.541. The van der Waals surface area contributed by atoms with Gasteiger partial charge in [0, 0.05) is 23.9 Å². The summed E-state index contributed by atoms with van der Waals surface area (Å²) in [6, 6.07) is 2.84. The summed E-state index contributed by atoms with van der Waals surface area (Å²) in [5, 5.41) is 10.0. The lowest BCUT2D eigenvalue weighted by Crippen LogP contribution is -2.24. The number of carbonyl (C=O) groups excluding carboxylic acids is 1. The molecule has 2 rings (SSSR count). The van der Waals surface area contributed by atoms with Gasteiger partial charge in [0.1, 0.15) is 5.75 Å². The van der Waals surface area contributed by atoms with E-state index in [4.69, 9.17) is 23.2 Å². The smallest absolute Gasteiger partial charge is 0.228 e. The van der Waals surface area contributed by atoms with Crippen LogP contribution in [0.5, 0.6) is 5.75 Å².